The predicted octanol–water partition coefficient (Wildman–Crippen LogP) is 0.604. The minimum absolute atomic E-state index is 0. The van der Waals surface area contributed by atoms with Crippen molar-refractivity contribution in [1.29, 1.82) is 0 Å². The van der Waals surface area contributed by atoms with Gasteiger partial charge < -0.3 is 14.9 Å². The van der Waals surface area contributed by atoms with Gasteiger partial charge in [-0.25, -0.2) is 0 Å². The van der Waals surface area contributed by atoms with Gasteiger partial charge in [0, 0.05) is 44.9 Å². The molecule has 1 atom stereocenters. The van der Waals surface area contributed by atoms with Gasteiger partial charge in [0.25, 0.3) is 0 Å². The van der Waals surface area contributed by atoms with Crippen LogP contribution in [-0.4, -0.2) is 28.8 Å². The maximum Gasteiger partial charge on any atom is 0.165 e. The second-order valence-electron chi connectivity index (χ2n) is 3.08. The fourth-order valence-corrected chi connectivity index (χ4v) is 1.42. The average Bonchev–Trinajstić information content (AvgIpc) is 2.30. The first kappa shape index (κ1) is 10.2. The molecule has 1 aromatic heterocycles. The van der Waals surface area contributed by atoms with Gasteiger partial charge in [-0.15, -0.1) is 0 Å². The van der Waals surface area contributed by atoms with Crippen LogP contribution in [-0.2, 0) is 32.7 Å². The molecule has 2 rings (SSSR count). The Morgan fingerprint density at radius 2 is 2.21 bits per heavy atom. The third kappa shape index (κ3) is 1.50. The number of aromatic nitrogens is 2. The van der Waals surface area contributed by atoms with E-state index in [9.17, 15) is 4.79 Å². The van der Waals surface area contributed by atoms with Gasteiger partial charge in [-0.05, 0) is 19.5 Å². The third-order valence-corrected chi connectivity index (χ3v) is 2.34. The molecule has 0 bridgehead atoms. The first-order valence-electron chi connectivity index (χ1n) is 4.49. The number of ketones is 1. The second kappa shape index (κ2) is 4.03. The quantitative estimate of drug-likeness (QED) is 0.646. The van der Waals surface area contributed by atoms with E-state index in [0.717, 1.165) is 0 Å². The van der Waals surface area contributed by atoms with Crippen molar-refractivity contribution in [3.8, 4) is 0 Å². The Balaban J connectivity index is 0.00000112. The molecule has 71 valence electrons. The maximum absolute atomic E-state index is 11.8. The molecule has 1 aliphatic heterocycles. The van der Waals surface area contributed by atoms with Crippen molar-refractivity contribution < 1.29 is 38.9 Å². The van der Waals surface area contributed by atoms with Crippen molar-refractivity contribution in [2.75, 3.05) is 11.9 Å². The number of likely N-dealkylation sites (N-methyl/N-ethyl adjacent to an activating group) is 1. The minimum atomic E-state index is -1.27. The van der Waals surface area contributed by atoms with Gasteiger partial charge in [-0.3, -0.25) is 4.79 Å². The van der Waals surface area contributed by atoms with Crippen molar-refractivity contribution in [3.63, 3.8) is 0 Å². The molecular formula is C9H10N3OY-. The first-order valence-corrected chi connectivity index (χ1v) is 3.99. The monoisotopic (exact) mass is 267 g/mol. The number of fused-ring (bicyclic) bond motifs is 1. The zero-order chi connectivity index (χ0) is 10.5. The molecular weight excluding hydrogens is 255 g/mol. The largest absolute Gasteiger partial charge is 0.402 e. The van der Waals surface area contributed by atoms with Gasteiger partial charge in [-0.2, -0.15) is 0 Å². The van der Waals surface area contributed by atoms with Crippen molar-refractivity contribution in [2.45, 2.75) is 19.9 Å². The molecule has 1 aliphatic rings. The number of anilines is 1. The van der Waals surface area contributed by atoms with E-state index in [1.54, 1.807) is 20.9 Å². The number of nitrogens with zero attached hydrogens (tertiary/aromatic N) is 3. The van der Waals surface area contributed by atoms with Gasteiger partial charge in [0.1, 0.15) is 0 Å². The van der Waals surface area contributed by atoms with Crippen LogP contribution in [0.1, 0.15) is 24.3 Å². The summed E-state index contributed by atoms with van der Waals surface area (Å²) in [7, 11) is 1.68. The van der Waals surface area contributed by atoms with Crippen molar-refractivity contribution in [3.05, 3.63) is 17.6 Å². The zero-order valence-electron chi connectivity index (χ0n) is 9.33. The predicted molar refractivity (Wildman–Crippen MR) is 47.8 cm³/mol. The summed E-state index contributed by atoms with van der Waals surface area (Å²) in [4.78, 5) is 21.1. The molecule has 1 aromatic rings. The van der Waals surface area contributed by atoms with Crippen LogP contribution in [0.15, 0.2) is 0 Å². The topological polar surface area (TPSA) is 46.1 Å². The first-order chi connectivity index (χ1) is 6.46. The van der Waals surface area contributed by atoms with Gasteiger partial charge in [0.05, 0.1) is 7.39 Å². The van der Waals surface area contributed by atoms with E-state index in [0.29, 0.717) is 17.1 Å². The van der Waals surface area contributed by atoms with Crippen molar-refractivity contribution in [1.82, 2.24) is 9.97 Å². The van der Waals surface area contributed by atoms with E-state index < -0.39 is 6.02 Å². The molecule has 14 heavy (non-hydrogen) atoms. The van der Waals surface area contributed by atoms with E-state index >= 15 is 0 Å². The molecule has 1 unspecified atom stereocenters. The average molecular weight is 267 g/mol. The summed E-state index contributed by atoms with van der Waals surface area (Å²) < 4.78 is 7.88. The number of hydrogen-bond donors (Lipinski definition) is 0. The summed E-state index contributed by atoms with van der Waals surface area (Å²) in [6.45, 7) is 3.28. The molecule has 0 saturated heterocycles. The summed E-state index contributed by atoms with van der Waals surface area (Å²) >= 11 is 0. The SMILES string of the molecule is [3H]C1(C)C(=O)c2c(C)n[c-]nc2N1C.[Y]. The molecule has 2 heterocycles. The van der Waals surface area contributed by atoms with Gasteiger partial charge in [0.2, 0.25) is 0 Å². The molecule has 0 fully saturated rings. The minimum Gasteiger partial charge on any atom is -0.402 e. The molecule has 0 saturated carbocycles. The summed E-state index contributed by atoms with van der Waals surface area (Å²) in [6, 6.07) is -1.27. The van der Waals surface area contributed by atoms with Crippen molar-refractivity contribution >= 4 is 11.6 Å². The molecule has 0 aliphatic carbocycles. The number of aryl methyl sites for hydroxylation is 1. The smallest absolute Gasteiger partial charge is 0.165 e. The summed E-state index contributed by atoms with van der Waals surface area (Å²) in [5.74, 6) is 0.251. The molecule has 0 amide bonds. The number of Topliss-reactive ketones (excluding diaryl/α,β-unsaturated/α-hetero) is 1. The number of carbonyl (C=O) groups excluding carboxylic acids is 1. The van der Waals surface area contributed by atoms with Crippen LogP contribution in [0.25, 0.3) is 0 Å². The van der Waals surface area contributed by atoms with E-state index in [1.165, 1.54) is 4.90 Å². The molecule has 5 heteroatoms. The van der Waals surface area contributed by atoms with Gasteiger partial charge in [-0.1, -0.05) is 12.6 Å². The number of hydrogen-bond acceptors (Lipinski definition) is 4. The Kier molecular flexibility index (Phi) is 2.93. The third-order valence-electron chi connectivity index (χ3n) is 2.34. The van der Waals surface area contributed by atoms with E-state index in [-0.39, 0.29) is 38.5 Å². The zero-order valence-corrected chi connectivity index (χ0v) is 11.2. The standard InChI is InChI=1S/C9H10N3O.Y/c1-5-7-8(13)6(2)12(3)9(7)11-4-10-5;/h6H,1-3H3;/q-1;/i6T;. The van der Waals surface area contributed by atoms with Crippen LogP contribution in [0.4, 0.5) is 5.82 Å². The fraction of sp³-hybridized carbons (Fsp3) is 0.444. The molecule has 0 N–H and O–H groups in total. The van der Waals surface area contributed by atoms with E-state index in [4.69, 9.17) is 1.37 Å². The number of rotatable bonds is 0. The number of carbonyl (C=O) groups is 1. The maximum atomic E-state index is 11.8. The molecule has 4 nitrogen and oxygen atoms in total. The molecule has 0 aromatic carbocycles. The normalized spacial score (nSPS) is 25.5. The van der Waals surface area contributed by atoms with Crippen LogP contribution in [0, 0.1) is 13.3 Å². The molecule has 1 radical (unpaired) electrons. The Morgan fingerprint density at radius 3 is 2.79 bits per heavy atom. The summed E-state index contributed by atoms with van der Waals surface area (Å²) in [5, 5.41) is 0. The van der Waals surface area contributed by atoms with Gasteiger partial charge in [0.15, 0.2) is 5.78 Å². The Bertz CT molecular complexity index is 422. The Hall–Kier alpha value is -0.346. The van der Waals surface area contributed by atoms with E-state index in [1.807, 2.05) is 0 Å². The molecule has 0 spiro atoms. The summed E-state index contributed by atoms with van der Waals surface area (Å²) in [5.41, 5.74) is 1.03. The van der Waals surface area contributed by atoms with Crippen LogP contribution >= 0.6 is 0 Å². The second-order valence-corrected chi connectivity index (χ2v) is 3.08. The van der Waals surface area contributed by atoms with Crippen LogP contribution in [0.5, 0.6) is 0 Å². The Labute approximate surface area is 109 Å². The van der Waals surface area contributed by atoms with Crippen LogP contribution < -0.4 is 4.90 Å². The van der Waals surface area contributed by atoms with Gasteiger partial charge >= 0.3 is 0 Å². The van der Waals surface area contributed by atoms with E-state index in [2.05, 4.69) is 16.3 Å². The summed E-state index contributed by atoms with van der Waals surface area (Å²) in [6.07, 6.45) is 2.47. The Morgan fingerprint density at radius 1 is 1.57 bits per heavy atom. The van der Waals surface area contributed by atoms with Crippen LogP contribution in [0.3, 0.4) is 0 Å². The van der Waals surface area contributed by atoms with Crippen molar-refractivity contribution in [2.24, 2.45) is 0 Å². The van der Waals surface area contributed by atoms with Crippen LogP contribution in [0.2, 0.25) is 0 Å². The fourth-order valence-electron chi connectivity index (χ4n) is 1.42.